The van der Waals surface area contributed by atoms with Gasteiger partial charge in [0.2, 0.25) is 0 Å². The summed E-state index contributed by atoms with van der Waals surface area (Å²) >= 11 is 0. The fourth-order valence-corrected chi connectivity index (χ4v) is 0.323. The number of carboxylic acid groups (broad SMARTS) is 3. The SMILES string of the molecule is C1=NCCN1.CC(=O)O.CC(=O)O.CC(=O)O. The third kappa shape index (κ3) is 236. The van der Waals surface area contributed by atoms with E-state index in [0.717, 1.165) is 33.9 Å². The van der Waals surface area contributed by atoms with Crippen LogP contribution in [0.15, 0.2) is 4.99 Å². The fraction of sp³-hybridized carbons (Fsp3) is 0.556. The first-order chi connectivity index (χ1) is 7.70. The number of hydrogen-bond donors (Lipinski definition) is 4. The van der Waals surface area contributed by atoms with E-state index in [-0.39, 0.29) is 0 Å². The smallest absolute Gasteiger partial charge is 0.300 e. The minimum absolute atomic E-state index is 0.833. The minimum Gasteiger partial charge on any atom is -0.481 e. The van der Waals surface area contributed by atoms with E-state index in [1.54, 1.807) is 6.34 Å². The van der Waals surface area contributed by atoms with Crippen molar-refractivity contribution in [2.75, 3.05) is 13.1 Å². The van der Waals surface area contributed by atoms with Gasteiger partial charge >= 0.3 is 0 Å². The Bertz CT molecular complexity index is 205. The topological polar surface area (TPSA) is 136 Å². The zero-order valence-corrected chi connectivity index (χ0v) is 10.0. The maximum absolute atomic E-state index is 9.00. The van der Waals surface area contributed by atoms with E-state index in [9.17, 15) is 0 Å². The first-order valence-corrected chi connectivity index (χ1v) is 4.50. The molecular weight excluding hydrogens is 232 g/mol. The third-order valence-corrected chi connectivity index (χ3v) is 0.568. The Balaban J connectivity index is -0.000000155. The highest BCUT2D eigenvalue weighted by atomic mass is 16.4. The van der Waals surface area contributed by atoms with Crippen molar-refractivity contribution in [1.82, 2.24) is 5.32 Å². The first-order valence-electron chi connectivity index (χ1n) is 4.50. The summed E-state index contributed by atoms with van der Waals surface area (Å²) in [6.07, 6.45) is 1.74. The lowest BCUT2D eigenvalue weighted by Gasteiger charge is -1.75. The highest BCUT2D eigenvalue weighted by Gasteiger charge is 1.82. The molecule has 0 saturated carbocycles. The summed E-state index contributed by atoms with van der Waals surface area (Å²) in [5.74, 6) is -2.50. The van der Waals surface area contributed by atoms with E-state index in [2.05, 4.69) is 10.3 Å². The average Bonchev–Trinajstić information content (AvgIpc) is 2.53. The van der Waals surface area contributed by atoms with Gasteiger partial charge in [-0.3, -0.25) is 19.4 Å². The number of aliphatic imine (C=N–C) groups is 1. The largest absolute Gasteiger partial charge is 0.481 e. The molecule has 0 spiro atoms. The Hall–Kier alpha value is -2.12. The predicted octanol–water partition coefficient (Wildman–Crippen LogP) is -0.109. The summed E-state index contributed by atoms with van der Waals surface area (Å²) in [6, 6.07) is 0. The molecular formula is C9H18N2O6. The van der Waals surface area contributed by atoms with Crippen LogP contribution in [0.1, 0.15) is 20.8 Å². The summed E-state index contributed by atoms with van der Waals surface area (Å²) in [6.45, 7) is 5.24. The van der Waals surface area contributed by atoms with Crippen molar-refractivity contribution in [2.45, 2.75) is 20.8 Å². The lowest BCUT2D eigenvalue weighted by Crippen LogP contribution is -2.04. The van der Waals surface area contributed by atoms with Crippen LogP contribution < -0.4 is 5.32 Å². The van der Waals surface area contributed by atoms with Crippen LogP contribution in [-0.2, 0) is 14.4 Å². The Morgan fingerprint density at radius 2 is 1.29 bits per heavy atom. The predicted molar refractivity (Wildman–Crippen MR) is 61.3 cm³/mol. The molecule has 1 rings (SSSR count). The molecule has 0 bridgehead atoms. The number of nitrogens with one attached hydrogen (secondary N) is 1. The van der Waals surface area contributed by atoms with Gasteiger partial charge in [-0.1, -0.05) is 0 Å². The summed E-state index contributed by atoms with van der Waals surface area (Å²) in [7, 11) is 0. The van der Waals surface area contributed by atoms with Gasteiger partial charge in [-0.05, 0) is 0 Å². The molecule has 0 radical (unpaired) electrons. The van der Waals surface area contributed by atoms with Crippen LogP contribution in [0.2, 0.25) is 0 Å². The van der Waals surface area contributed by atoms with Crippen molar-refractivity contribution in [3.8, 4) is 0 Å². The number of nitrogens with zero attached hydrogens (tertiary/aromatic N) is 1. The average molecular weight is 250 g/mol. The standard InChI is InChI=1S/C3H6N2.3C2H4O2/c1-2-5-3-4-1;3*1-2(3)4/h3H,1-2H2,(H,4,5);3*1H3,(H,3,4). The first kappa shape index (κ1) is 20.3. The van der Waals surface area contributed by atoms with Gasteiger partial charge in [-0.15, -0.1) is 0 Å². The summed E-state index contributed by atoms with van der Waals surface area (Å²) in [5.41, 5.74) is 0. The van der Waals surface area contributed by atoms with Gasteiger partial charge in [0.15, 0.2) is 0 Å². The van der Waals surface area contributed by atoms with Gasteiger partial charge in [-0.25, -0.2) is 0 Å². The fourth-order valence-electron chi connectivity index (χ4n) is 0.323. The van der Waals surface area contributed by atoms with E-state index in [1.165, 1.54) is 0 Å². The van der Waals surface area contributed by atoms with Crippen LogP contribution >= 0.6 is 0 Å². The Morgan fingerprint density at radius 1 is 1.00 bits per heavy atom. The van der Waals surface area contributed by atoms with E-state index in [1.807, 2.05) is 0 Å². The molecule has 1 aliphatic heterocycles. The van der Waals surface area contributed by atoms with Gasteiger partial charge in [0.05, 0.1) is 12.9 Å². The van der Waals surface area contributed by atoms with Crippen LogP contribution in [0.3, 0.4) is 0 Å². The Morgan fingerprint density at radius 3 is 1.35 bits per heavy atom. The molecule has 100 valence electrons. The number of hydrogen-bond acceptors (Lipinski definition) is 5. The molecule has 0 aromatic heterocycles. The molecule has 0 fully saturated rings. The molecule has 0 amide bonds. The molecule has 0 aromatic carbocycles. The van der Waals surface area contributed by atoms with Crippen LogP contribution in [-0.4, -0.2) is 52.7 Å². The summed E-state index contributed by atoms with van der Waals surface area (Å²) < 4.78 is 0. The Kier molecular flexibility index (Phi) is 19.5. The van der Waals surface area contributed by atoms with Gasteiger partial charge in [0.25, 0.3) is 17.9 Å². The van der Waals surface area contributed by atoms with Crippen LogP contribution in [0.5, 0.6) is 0 Å². The van der Waals surface area contributed by atoms with E-state index >= 15 is 0 Å². The molecule has 0 saturated heterocycles. The molecule has 17 heavy (non-hydrogen) atoms. The van der Waals surface area contributed by atoms with Gasteiger partial charge < -0.3 is 20.6 Å². The molecule has 4 N–H and O–H groups in total. The van der Waals surface area contributed by atoms with Crippen molar-refractivity contribution in [3.63, 3.8) is 0 Å². The molecule has 8 heteroatoms. The zero-order valence-electron chi connectivity index (χ0n) is 10.0. The van der Waals surface area contributed by atoms with E-state index in [4.69, 9.17) is 29.7 Å². The highest BCUT2D eigenvalue weighted by molar-refractivity contribution is 5.63. The minimum atomic E-state index is -0.833. The van der Waals surface area contributed by atoms with Crippen LogP contribution in [0.4, 0.5) is 0 Å². The molecule has 8 nitrogen and oxygen atoms in total. The monoisotopic (exact) mass is 250 g/mol. The van der Waals surface area contributed by atoms with Crippen LogP contribution in [0, 0.1) is 0 Å². The number of carboxylic acids is 3. The van der Waals surface area contributed by atoms with Crippen molar-refractivity contribution in [3.05, 3.63) is 0 Å². The summed E-state index contributed by atoms with van der Waals surface area (Å²) in [4.78, 5) is 30.8. The van der Waals surface area contributed by atoms with E-state index in [0.29, 0.717) is 0 Å². The molecule has 1 aliphatic rings. The molecule has 0 aliphatic carbocycles. The zero-order chi connectivity index (χ0) is 14.3. The van der Waals surface area contributed by atoms with Crippen molar-refractivity contribution in [2.24, 2.45) is 4.99 Å². The molecule has 0 unspecified atom stereocenters. The molecule has 0 atom stereocenters. The quantitative estimate of drug-likeness (QED) is 0.470. The lowest BCUT2D eigenvalue weighted by atomic mass is 10.7. The normalized spacial score (nSPS) is 10.1. The van der Waals surface area contributed by atoms with Gasteiger partial charge in [-0.2, -0.15) is 0 Å². The third-order valence-electron chi connectivity index (χ3n) is 0.568. The van der Waals surface area contributed by atoms with Crippen molar-refractivity contribution < 1.29 is 29.7 Å². The van der Waals surface area contributed by atoms with Crippen LogP contribution in [0.25, 0.3) is 0 Å². The Labute approximate surface area is 99.0 Å². The second-order valence-electron chi connectivity index (χ2n) is 2.55. The second kappa shape index (κ2) is 16.3. The molecule has 1 heterocycles. The van der Waals surface area contributed by atoms with E-state index < -0.39 is 17.9 Å². The number of rotatable bonds is 0. The lowest BCUT2D eigenvalue weighted by molar-refractivity contribution is -0.135. The van der Waals surface area contributed by atoms with Gasteiger partial charge in [0.1, 0.15) is 0 Å². The summed E-state index contributed by atoms with van der Waals surface area (Å²) in [5, 5.41) is 25.2. The highest BCUT2D eigenvalue weighted by Crippen LogP contribution is 1.68. The van der Waals surface area contributed by atoms with Gasteiger partial charge in [0, 0.05) is 27.3 Å². The van der Waals surface area contributed by atoms with Crippen molar-refractivity contribution in [1.29, 1.82) is 0 Å². The maximum Gasteiger partial charge on any atom is 0.300 e. The second-order valence-corrected chi connectivity index (χ2v) is 2.55. The number of aliphatic carboxylic acids is 3. The molecule has 0 aromatic rings. The number of carbonyl (C=O) groups is 3. The maximum atomic E-state index is 9.00. The van der Waals surface area contributed by atoms with Crippen molar-refractivity contribution >= 4 is 24.2 Å².